The van der Waals surface area contributed by atoms with E-state index in [2.05, 4.69) is 20.7 Å². The number of thioether (sulfide) groups is 2. The van der Waals surface area contributed by atoms with Crippen molar-refractivity contribution in [2.75, 3.05) is 17.3 Å². The minimum atomic E-state index is -1.48. The lowest BCUT2D eigenvalue weighted by Gasteiger charge is -2.49. The molecular formula is C17H17N5O5S4. The number of thiophene rings is 1. The van der Waals surface area contributed by atoms with Gasteiger partial charge in [-0.15, -0.1) is 16.9 Å². The number of nitrogens with zero attached hydrogens (tertiary/aromatic N) is 3. The predicted octanol–water partition coefficient (Wildman–Crippen LogP) is 0.813. The largest absolute Gasteiger partial charge is 0.610 e. The number of hydrogen-bond donors (Lipinski definition) is 3. The summed E-state index contributed by atoms with van der Waals surface area (Å²) in [4.78, 5) is 38.1. The number of H-pyrrole nitrogens is 1. The third kappa shape index (κ3) is 4.48. The number of nitrogens with one attached hydrogen (secondary N) is 2. The van der Waals surface area contributed by atoms with Crippen LogP contribution in [0.2, 0.25) is 0 Å². The molecule has 0 spiro atoms. The van der Waals surface area contributed by atoms with Gasteiger partial charge in [-0.25, -0.2) is 4.79 Å². The fourth-order valence-corrected chi connectivity index (χ4v) is 7.45. The number of aryl methyl sites for hydroxylation is 1. The van der Waals surface area contributed by atoms with E-state index in [0.717, 1.165) is 5.69 Å². The number of carbonyl (C=O) groups is 3. The summed E-state index contributed by atoms with van der Waals surface area (Å²) in [5.41, 5.74) is 1.35. The SMILES string of the molecule is Cc1[nH]nnc1SCC1=C(C(=O)O)N2C(=O)C(NC(=O)C[S+]([O-])c3cccs3)[C@@H]2SC1. The van der Waals surface area contributed by atoms with Gasteiger partial charge in [0.15, 0.2) is 5.75 Å². The second kappa shape index (κ2) is 9.24. The number of aromatic nitrogens is 3. The molecule has 2 aromatic heterocycles. The molecule has 2 amide bonds. The Labute approximate surface area is 192 Å². The molecular weight excluding hydrogens is 482 g/mol. The number of carboxylic acid groups (broad SMARTS) is 1. The van der Waals surface area contributed by atoms with Crippen molar-refractivity contribution in [1.29, 1.82) is 0 Å². The summed E-state index contributed by atoms with van der Waals surface area (Å²) in [6, 6.07) is 2.60. The lowest BCUT2D eigenvalue weighted by molar-refractivity contribution is -0.150. The Balaban J connectivity index is 1.41. The van der Waals surface area contributed by atoms with Gasteiger partial charge >= 0.3 is 5.97 Å². The first-order chi connectivity index (χ1) is 14.9. The van der Waals surface area contributed by atoms with Crippen molar-refractivity contribution in [3.05, 3.63) is 34.5 Å². The van der Waals surface area contributed by atoms with E-state index in [0.29, 0.717) is 26.3 Å². The van der Waals surface area contributed by atoms with Gasteiger partial charge in [-0.2, -0.15) is 0 Å². The maximum Gasteiger partial charge on any atom is 0.352 e. The van der Waals surface area contributed by atoms with Crippen molar-refractivity contribution in [2.24, 2.45) is 0 Å². The minimum Gasteiger partial charge on any atom is -0.610 e. The average Bonchev–Trinajstić information content (AvgIpc) is 3.41. The summed E-state index contributed by atoms with van der Waals surface area (Å²) in [6.45, 7) is 1.82. The Morgan fingerprint density at radius 3 is 2.97 bits per heavy atom. The molecule has 4 heterocycles. The van der Waals surface area contributed by atoms with Crippen molar-refractivity contribution < 1.29 is 24.0 Å². The summed E-state index contributed by atoms with van der Waals surface area (Å²) < 4.78 is 12.8. The van der Waals surface area contributed by atoms with Gasteiger partial charge in [0.25, 0.3) is 11.8 Å². The number of amides is 2. The van der Waals surface area contributed by atoms with Crippen LogP contribution in [0.25, 0.3) is 0 Å². The Morgan fingerprint density at radius 1 is 1.52 bits per heavy atom. The summed E-state index contributed by atoms with van der Waals surface area (Å²) in [5, 5.41) is 24.7. The molecule has 31 heavy (non-hydrogen) atoms. The van der Waals surface area contributed by atoms with Crippen LogP contribution in [0, 0.1) is 6.92 Å². The fourth-order valence-electron chi connectivity index (χ4n) is 3.15. The minimum absolute atomic E-state index is 0.0462. The molecule has 0 saturated carbocycles. The van der Waals surface area contributed by atoms with Gasteiger partial charge in [0.05, 0.1) is 5.69 Å². The highest BCUT2D eigenvalue weighted by Gasteiger charge is 2.54. The molecule has 3 atom stereocenters. The molecule has 1 saturated heterocycles. The smallest absolute Gasteiger partial charge is 0.352 e. The first-order valence-electron chi connectivity index (χ1n) is 8.98. The van der Waals surface area contributed by atoms with E-state index in [1.807, 2.05) is 6.92 Å². The zero-order chi connectivity index (χ0) is 22.1. The number of rotatable bonds is 8. The topological polar surface area (TPSA) is 151 Å². The van der Waals surface area contributed by atoms with Gasteiger partial charge in [-0.05, 0) is 23.9 Å². The van der Waals surface area contributed by atoms with Gasteiger partial charge in [-0.1, -0.05) is 28.3 Å². The predicted molar refractivity (Wildman–Crippen MR) is 117 cm³/mol. The Hall–Kier alpha value is -2.00. The van der Waals surface area contributed by atoms with Gasteiger partial charge in [0, 0.05) is 28.7 Å². The summed E-state index contributed by atoms with van der Waals surface area (Å²) in [5.74, 6) is -1.65. The zero-order valence-corrected chi connectivity index (χ0v) is 19.3. The quantitative estimate of drug-likeness (QED) is 0.272. The highest BCUT2D eigenvalue weighted by molar-refractivity contribution is 8.01. The molecule has 0 aromatic carbocycles. The molecule has 10 nitrogen and oxygen atoms in total. The highest BCUT2D eigenvalue weighted by Crippen LogP contribution is 2.41. The normalized spacial score (nSPS) is 21.5. The second-order valence-electron chi connectivity index (χ2n) is 6.66. The zero-order valence-electron chi connectivity index (χ0n) is 16.1. The van der Waals surface area contributed by atoms with Crippen LogP contribution in [-0.2, 0) is 25.6 Å². The van der Waals surface area contributed by atoms with Crippen LogP contribution in [0.15, 0.2) is 38.0 Å². The van der Waals surface area contributed by atoms with Crippen LogP contribution in [0.4, 0.5) is 0 Å². The van der Waals surface area contributed by atoms with Gasteiger partial charge in [-0.3, -0.25) is 19.6 Å². The second-order valence-corrected chi connectivity index (χ2v) is 11.4. The first-order valence-corrected chi connectivity index (χ1v) is 13.2. The third-order valence-corrected chi connectivity index (χ3v) is 9.72. The number of carboxylic acids is 1. The maximum absolute atomic E-state index is 12.7. The number of carbonyl (C=O) groups excluding carboxylic acids is 2. The number of hydrogen-bond acceptors (Lipinski definition) is 9. The number of fused-ring (bicyclic) bond motifs is 1. The van der Waals surface area contributed by atoms with Crippen LogP contribution in [0.5, 0.6) is 0 Å². The van der Waals surface area contributed by atoms with Crippen molar-refractivity contribution in [3.8, 4) is 0 Å². The molecule has 0 radical (unpaired) electrons. The Morgan fingerprint density at radius 2 is 2.32 bits per heavy atom. The van der Waals surface area contributed by atoms with Crippen molar-refractivity contribution in [1.82, 2.24) is 25.6 Å². The van der Waals surface area contributed by atoms with Crippen molar-refractivity contribution in [3.63, 3.8) is 0 Å². The maximum atomic E-state index is 12.7. The summed E-state index contributed by atoms with van der Waals surface area (Å²) >= 11 is 2.55. The van der Waals surface area contributed by atoms with Crippen LogP contribution in [-0.4, -0.2) is 76.4 Å². The first kappa shape index (κ1) is 22.2. The average molecular weight is 500 g/mol. The summed E-state index contributed by atoms with van der Waals surface area (Å²) in [6.07, 6.45) is 0. The van der Waals surface area contributed by atoms with Gasteiger partial charge in [0.2, 0.25) is 4.21 Å². The Bertz CT molecular complexity index is 1040. The fraction of sp³-hybridized carbons (Fsp3) is 0.353. The van der Waals surface area contributed by atoms with Crippen molar-refractivity contribution >= 4 is 63.8 Å². The molecule has 164 valence electrons. The molecule has 0 bridgehead atoms. The summed E-state index contributed by atoms with van der Waals surface area (Å²) in [7, 11) is 0. The molecule has 14 heteroatoms. The highest BCUT2D eigenvalue weighted by atomic mass is 32.2. The lowest BCUT2D eigenvalue weighted by atomic mass is 10.0. The monoisotopic (exact) mass is 499 g/mol. The number of aliphatic carboxylic acids is 1. The Kier molecular flexibility index (Phi) is 6.62. The number of aromatic amines is 1. The van der Waals surface area contributed by atoms with Gasteiger partial charge < -0.3 is 15.0 Å². The molecule has 0 aliphatic carbocycles. The molecule has 2 unspecified atom stereocenters. The third-order valence-electron chi connectivity index (χ3n) is 4.61. The molecule has 4 rings (SSSR count). The van der Waals surface area contributed by atoms with Crippen molar-refractivity contribution in [2.45, 2.75) is 27.6 Å². The molecule has 2 aliphatic rings. The lowest BCUT2D eigenvalue weighted by Crippen LogP contribution is -2.70. The molecule has 3 N–H and O–H groups in total. The van der Waals surface area contributed by atoms with E-state index in [9.17, 15) is 24.0 Å². The van der Waals surface area contributed by atoms with E-state index in [-0.39, 0.29) is 11.4 Å². The van der Waals surface area contributed by atoms with E-state index in [4.69, 9.17) is 0 Å². The molecule has 2 aliphatic heterocycles. The molecule has 2 aromatic rings. The van der Waals surface area contributed by atoms with Crippen LogP contribution >= 0.6 is 34.9 Å². The van der Waals surface area contributed by atoms with Crippen LogP contribution < -0.4 is 5.32 Å². The van der Waals surface area contributed by atoms with E-state index in [1.165, 1.54) is 39.8 Å². The van der Waals surface area contributed by atoms with Crippen LogP contribution in [0.3, 0.4) is 0 Å². The van der Waals surface area contributed by atoms with Crippen LogP contribution in [0.1, 0.15) is 5.69 Å². The number of β-lactam (4-membered cyclic amide) rings is 1. The van der Waals surface area contributed by atoms with Gasteiger partial charge in [0.1, 0.15) is 22.1 Å². The van der Waals surface area contributed by atoms with E-state index in [1.54, 1.807) is 17.5 Å². The van der Waals surface area contributed by atoms with E-state index < -0.39 is 40.4 Å². The van der Waals surface area contributed by atoms with E-state index >= 15 is 0 Å². The standard InChI is InChI=1S/C17H17N5O5S4/c1-8-14(20-21-19-8)29-5-9-6-30-16-12(15(24)22(16)13(9)17(25)26)18-10(23)7-31(27)11-3-2-4-28-11/h2-4,12,16H,5-7H2,1H3,(H,18,23)(H,25,26)(H,19,20,21)/t12?,16-,31?/m0/s1. The molecule has 1 fully saturated rings.